The highest BCUT2D eigenvalue weighted by atomic mass is 35.5. The highest BCUT2D eigenvalue weighted by Gasteiger charge is 2.07. The second-order valence-corrected chi connectivity index (χ2v) is 4.25. The predicted molar refractivity (Wildman–Crippen MR) is 67.7 cm³/mol. The highest BCUT2D eigenvalue weighted by molar-refractivity contribution is 6.32. The molecule has 0 aliphatic rings. The number of esters is 1. The van der Waals surface area contributed by atoms with Gasteiger partial charge >= 0.3 is 5.97 Å². The van der Waals surface area contributed by atoms with E-state index in [9.17, 15) is 4.79 Å². The Morgan fingerprint density at radius 2 is 2.06 bits per heavy atom. The quantitative estimate of drug-likeness (QED) is 0.759. The standard InChI is InChI=1S/C13H17ClO3/c1-9-7-12(16-2)11(14)8-10(9)5-4-6-13(15)17-3/h7-8H,4-6H2,1-3H3. The molecule has 0 radical (unpaired) electrons. The molecule has 0 spiro atoms. The molecule has 0 N–H and O–H groups in total. The molecule has 1 aromatic carbocycles. The first-order valence-electron chi connectivity index (χ1n) is 5.48. The Kier molecular flexibility index (Phi) is 5.29. The number of methoxy groups -OCH3 is 2. The summed E-state index contributed by atoms with van der Waals surface area (Å²) in [5.74, 6) is 0.503. The number of carbonyl (C=O) groups is 1. The summed E-state index contributed by atoms with van der Waals surface area (Å²) in [5, 5.41) is 0.603. The molecule has 4 heteroatoms. The molecule has 0 unspecified atom stereocenters. The molecule has 0 aliphatic heterocycles. The largest absolute Gasteiger partial charge is 0.495 e. The number of benzene rings is 1. The van der Waals surface area contributed by atoms with Crippen LogP contribution in [0.1, 0.15) is 24.0 Å². The Balaban J connectivity index is 2.65. The molecule has 0 aromatic heterocycles. The fraction of sp³-hybridized carbons (Fsp3) is 0.462. The Morgan fingerprint density at radius 3 is 2.65 bits per heavy atom. The van der Waals surface area contributed by atoms with Crippen molar-refractivity contribution in [2.75, 3.05) is 14.2 Å². The zero-order valence-electron chi connectivity index (χ0n) is 10.4. The van der Waals surface area contributed by atoms with Crippen molar-refractivity contribution in [3.63, 3.8) is 0 Å². The number of rotatable bonds is 5. The topological polar surface area (TPSA) is 35.5 Å². The summed E-state index contributed by atoms with van der Waals surface area (Å²) in [5.41, 5.74) is 2.26. The van der Waals surface area contributed by atoms with E-state index < -0.39 is 0 Å². The molecule has 0 saturated heterocycles. The molecule has 0 heterocycles. The van der Waals surface area contributed by atoms with E-state index in [0.717, 1.165) is 24.0 Å². The summed E-state index contributed by atoms with van der Waals surface area (Å²) >= 11 is 6.05. The highest BCUT2D eigenvalue weighted by Crippen LogP contribution is 2.28. The monoisotopic (exact) mass is 256 g/mol. The van der Waals surface area contributed by atoms with Gasteiger partial charge in [-0.1, -0.05) is 11.6 Å². The first-order chi connectivity index (χ1) is 8.08. The summed E-state index contributed by atoms with van der Waals surface area (Å²) in [6, 6.07) is 3.81. The van der Waals surface area contributed by atoms with Crippen molar-refractivity contribution in [1.82, 2.24) is 0 Å². The van der Waals surface area contributed by atoms with Gasteiger partial charge in [0, 0.05) is 6.42 Å². The van der Waals surface area contributed by atoms with Gasteiger partial charge in [0.2, 0.25) is 0 Å². The van der Waals surface area contributed by atoms with Crippen molar-refractivity contribution in [2.45, 2.75) is 26.2 Å². The maximum absolute atomic E-state index is 11.0. The van der Waals surface area contributed by atoms with Gasteiger partial charge in [-0.3, -0.25) is 4.79 Å². The fourth-order valence-corrected chi connectivity index (χ4v) is 1.91. The maximum Gasteiger partial charge on any atom is 0.305 e. The van der Waals surface area contributed by atoms with E-state index in [1.54, 1.807) is 7.11 Å². The van der Waals surface area contributed by atoms with Crippen molar-refractivity contribution in [3.8, 4) is 5.75 Å². The van der Waals surface area contributed by atoms with Crippen LogP contribution in [0.5, 0.6) is 5.75 Å². The van der Waals surface area contributed by atoms with Gasteiger partial charge in [-0.25, -0.2) is 0 Å². The molecule has 1 rings (SSSR count). The van der Waals surface area contributed by atoms with Crippen molar-refractivity contribution < 1.29 is 14.3 Å². The van der Waals surface area contributed by atoms with Gasteiger partial charge in [-0.2, -0.15) is 0 Å². The number of carbonyl (C=O) groups excluding carboxylic acids is 1. The summed E-state index contributed by atoms with van der Waals surface area (Å²) in [7, 11) is 3.00. The Bertz CT molecular complexity index is 402. The molecule has 0 fully saturated rings. The Labute approximate surface area is 107 Å². The van der Waals surface area contributed by atoms with Crippen molar-refractivity contribution >= 4 is 17.6 Å². The lowest BCUT2D eigenvalue weighted by Crippen LogP contribution is -2.01. The van der Waals surface area contributed by atoms with E-state index >= 15 is 0 Å². The molecule has 0 atom stereocenters. The molecule has 1 aromatic rings. The molecular weight excluding hydrogens is 240 g/mol. The second-order valence-electron chi connectivity index (χ2n) is 3.84. The molecule has 3 nitrogen and oxygen atoms in total. The minimum absolute atomic E-state index is 0.178. The van der Waals surface area contributed by atoms with E-state index in [1.165, 1.54) is 7.11 Å². The Morgan fingerprint density at radius 1 is 1.35 bits per heavy atom. The first-order valence-corrected chi connectivity index (χ1v) is 5.86. The summed E-state index contributed by atoms with van der Waals surface area (Å²) in [4.78, 5) is 11.0. The van der Waals surface area contributed by atoms with Gasteiger partial charge in [0.1, 0.15) is 5.75 Å². The van der Waals surface area contributed by atoms with E-state index in [2.05, 4.69) is 4.74 Å². The molecule has 0 bridgehead atoms. The van der Waals surface area contributed by atoms with Crippen molar-refractivity contribution in [3.05, 3.63) is 28.3 Å². The lowest BCUT2D eigenvalue weighted by molar-refractivity contribution is -0.140. The van der Waals surface area contributed by atoms with E-state index in [-0.39, 0.29) is 5.97 Å². The van der Waals surface area contributed by atoms with Crippen LogP contribution in [-0.4, -0.2) is 20.2 Å². The van der Waals surface area contributed by atoms with Crippen LogP contribution in [0.15, 0.2) is 12.1 Å². The first kappa shape index (κ1) is 13.8. The zero-order chi connectivity index (χ0) is 12.8. The zero-order valence-corrected chi connectivity index (χ0v) is 11.1. The van der Waals surface area contributed by atoms with Crippen LogP contribution in [0, 0.1) is 6.92 Å². The van der Waals surface area contributed by atoms with Gasteiger partial charge in [0.05, 0.1) is 19.2 Å². The second kappa shape index (κ2) is 6.50. The molecule has 0 amide bonds. The third-order valence-electron chi connectivity index (χ3n) is 2.67. The molecular formula is C13H17ClO3. The summed E-state index contributed by atoms with van der Waals surface area (Å²) in [6.45, 7) is 2.01. The molecule has 0 aliphatic carbocycles. The summed E-state index contributed by atoms with van der Waals surface area (Å²) in [6.07, 6.45) is 2.00. The average Bonchev–Trinajstić information content (AvgIpc) is 2.32. The smallest absolute Gasteiger partial charge is 0.305 e. The van der Waals surface area contributed by atoms with Gasteiger partial charge in [-0.05, 0) is 43.0 Å². The number of halogens is 1. The van der Waals surface area contributed by atoms with Gasteiger partial charge in [0.15, 0.2) is 0 Å². The molecule has 0 saturated carbocycles. The number of aryl methyl sites for hydroxylation is 2. The lowest BCUT2D eigenvalue weighted by atomic mass is 10.0. The van der Waals surface area contributed by atoms with Crippen LogP contribution in [0.4, 0.5) is 0 Å². The SMILES string of the molecule is COC(=O)CCCc1cc(Cl)c(OC)cc1C. The van der Waals surface area contributed by atoms with E-state index in [1.807, 2.05) is 19.1 Å². The van der Waals surface area contributed by atoms with Gasteiger partial charge < -0.3 is 9.47 Å². The minimum Gasteiger partial charge on any atom is -0.495 e. The van der Waals surface area contributed by atoms with Crippen LogP contribution in [0.3, 0.4) is 0 Å². The number of ether oxygens (including phenoxy) is 2. The maximum atomic E-state index is 11.0. The van der Waals surface area contributed by atoms with Crippen molar-refractivity contribution in [2.24, 2.45) is 0 Å². The van der Waals surface area contributed by atoms with E-state index in [0.29, 0.717) is 17.2 Å². The average molecular weight is 257 g/mol. The van der Waals surface area contributed by atoms with Gasteiger partial charge in [-0.15, -0.1) is 0 Å². The van der Waals surface area contributed by atoms with Crippen molar-refractivity contribution in [1.29, 1.82) is 0 Å². The van der Waals surface area contributed by atoms with Crippen LogP contribution in [-0.2, 0) is 16.0 Å². The summed E-state index contributed by atoms with van der Waals surface area (Å²) < 4.78 is 9.73. The lowest BCUT2D eigenvalue weighted by Gasteiger charge is -2.09. The van der Waals surface area contributed by atoms with Crippen LogP contribution < -0.4 is 4.74 Å². The molecule has 94 valence electrons. The van der Waals surface area contributed by atoms with Crippen LogP contribution in [0.25, 0.3) is 0 Å². The molecule has 17 heavy (non-hydrogen) atoms. The number of hydrogen-bond donors (Lipinski definition) is 0. The van der Waals surface area contributed by atoms with Crippen LogP contribution in [0.2, 0.25) is 5.02 Å². The fourth-order valence-electron chi connectivity index (χ4n) is 1.65. The normalized spacial score (nSPS) is 10.1. The third kappa shape index (κ3) is 3.93. The van der Waals surface area contributed by atoms with Crippen LogP contribution >= 0.6 is 11.6 Å². The van der Waals surface area contributed by atoms with E-state index in [4.69, 9.17) is 16.3 Å². The minimum atomic E-state index is -0.178. The third-order valence-corrected chi connectivity index (χ3v) is 2.96. The Hall–Kier alpha value is -1.22. The predicted octanol–water partition coefficient (Wildman–Crippen LogP) is 3.15. The number of hydrogen-bond acceptors (Lipinski definition) is 3. The van der Waals surface area contributed by atoms with Gasteiger partial charge in [0.25, 0.3) is 0 Å².